The molecule has 1 saturated carbocycles. The molecule has 0 amide bonds. The van der Waals surface area contributed by atoms with E-state index in [-0.39, 0.29) is 5.41 Å². The van der Waals surface area contributed by atoms with Gasteiger partial charge in [-0.3, -0.25) is 0 Å². The average Bonchev–Trinajstić information content (AvgIpc) is 2.42. The normalized spacial score (nSPS) is 26.9. The first-order valence-electron chi connectivity index (χ1n) is 7.94. The molecule has 3 atom stereocenters. The van der Waals surface area contributed by atoms with E-state index in [0.717, 1.165) is 12.3 Å². The first-order chi connectivity index (χ1) is 9.83. The summed E-state index contributed by atoms with van der Waals surface area (Å²) < 4.78 is 0. The van der Waals surface area contributed by atoms with Crippen molar-refractivity contribution < 1.29 is 0 Å². The fourth-order valence-corrected chi connectivity index (χ4v) is 4.26. The lowest BCUT2D eigenvalue weighted by atomic mass is 9.64. The summed E-state index contributed by atoms with van der Waals surface area (Å²) in [4.78, 5) is 0. The summed E-state index contributed by atoms with van der Waals surface area (Å²) >= 11 is 12.2. The maximum atomic E-state index is 6.16. The topological polar surface area (TPSA) is 12.0 Å². The molecule has 0 aromatic heterocycles. The Morgan fingerprint density at radius 1 is 1.19 bits per heavy atom. The molecule has 0 heterocycles. The summed E-state index contributed by atoms with van der Waals surface area (Å²) in [5, 5.41) is 4.85. The van der Waals surface area contributed by atoms with Crippen LogP contribution in [0.15, 0.2) is 18.2 Å². The smallest absolute Gasteiger partial charge is 0.0595 e. The maximum Gasteiger partial charge on any atom is 0.0595 e. The Morgan fingerprint density at radius 2 is 1.90 bits per heavy atom. The zero-order valence-electron chi connectivity index (χ0n) is 13.5. The molecule has 1 aromatic carbocycles. The summed E-state index contributed by atoms with van der Waals surface area (Å²) in [6.45, 7) is 7.15. The van der Waals surface area contributed by atoms with Crippen LogP contribution in [-0.2, 0) is 6.42 Å². The molecular weight excluding hydrogens is 301 g/mol. The fourth-order valence-electron chi connectivity index (χ4n) is 3.94. The van der Waals surface area contributed by atoms with Crippen LogP contribution in [0.5, 0.6) is 0 Å². The molecule has 1 aliphatic carbocycles. The summed E-state index contributed by atoms with van der Waals surface area (Å²) in [7, 11) is 2.10. The van der Waals surface area contributed by atoms with Crippen LogP contribution in [0, 0.1) is 17.3 Å². The number of hydrogen-bond acceptors (Lipinski definition) is 1. The van der Waals surface area contributed by atoms with Crippen molar-refractivity contribution in [2.75, 3.05) is 7.05 Å². The molecular formula is C18H27Cl2N. The van der Waals surface area contributed by atoms with Gasteiger partial charge in [-0.25, -0.2) is 0 Å². The molecule has 0 radical (unpaired) electrons. The number of halogens is 2. The maximum absolute atomic E-state index is 6.16. The molecule has 118 valence electrons. The lowest BCUT2D eigenvalue weighted by Gasteiger charge is -2.44. The first kappa shape index (κ1) is 17.1. The number of rotatable bonds is 4. The first-order valence-corrected chi connectivity index (χ1v) is 8.70. The second-order valence-electron chi connectivity index (χ2n) is 7.33. The Balaban J connectivity index is 2.14. The molecule has 1 N–H and O–H groups in total. The van der Waals surface area contributed by atoms with Gasteiger partial charge in [-0.05, 0) is 61.3 Å². The molecule has 21 heavy (non-hydrogen) atoms. The van der Waals surface area contributed by atoms with Gasteiger partial charge in [0, 0.05) is 6.04 Å². The summed E-state index contributed by atoms with van der Waals surface area (Å²) in [5.41, 5.74) is 1.54. The van der Waals surface area contributed by atoms with E-state index in [1.54, 1.807) is 0 Å². The molecule has 3 heteroatoms. The Bertz CT molecular complexity index is 484. The van der Waals surface area contributed by atoms with Gasteiger partial charge in [0.1, 0.15) is 0 Å². The van der Waals surface area contributed by atoms with Gasteiger partial charge in [0.05, 0.1) is 10.0 Å². The zero-order valence-corrected chi connectivity index (χ0v) is 15.1. The molecule has 0 saturated heterocycles. The molecule has 2 rings (SSSR count). The average molecular weight is 328 g/mol. The van der Waals surface area contributed by atoms with Gasteiger partial charge in [-0.2, -0.15) is 0 Å². The molecule has 0 spiro atoms. The van der Waals surface area contributed by atoms with E-state index in [1.165, 1.54) is 24.8 Å². The Labute approximate surface area is 139 Å². The van der Waals surface area contributed by atoms with Crippen LogP contribution in [0.25, 0.3) is 0 Å². The van der Waals surface area contributed by atoms with Crippen molar-refractivity contribution in [1.82, 2.24) is 5.32 Å². The van der Waals surface area contributed by atoms with Gasteiger partial charge in [0.25, 0.3) is 0 Å². The van der Waals surface area contributed by atoms with Gasteiger partial charge in [-0.1, -0.05) is 56.5 Å². The van der Waals surface area contributed by atoms with Crippen molar-refractivity contribution in [3.63, 3.8) is 0 Å². The summed E-state index contributed by atoms with van der Waals surface area (Å²) in [6.07, 6.45) is 4.97. The second-order valence-corrected chi connectivity index (χ2v) is 8.15. The third-order valence-corrected chi connectivity index (χ3v) is 5.87. The Kier molecular flexibility index (Phi) is 5.62. The number of nitrogens with one attached hydrogen (secondary N) is 1. The highest BCUT2D eigenvalue weighted by atomic mass is 35.5. The van der Waals surface area contributed by atoms with E-state index in [0.29, 0.717) is 22.0 Å². The minimum absolute atomic E-state index is 0.255. The van der Waals surface area contributed by atoms with Crippen LogP contribution >= 0.6 is 23.2 Å². The molecule has 1 fully saturated rings. The SMILES string of the molecule is CNC1CC(C)CCC1C(C)(C)Cc1ccc(Cl)c(Cl)c1. The minimum atomic E-state index is 0.255. The van der Waals surface area contributed by atoms with Crippen molar-refractivity contribution in [3.8, 4) is 0 Å². The summed E-state index contributed by atoms with van der Waals surface area (Å²) in [6, 6.07) is 6.65. The highest BCUT2D eigenvalue weighted by Gasteiger charge is 2.38. The van der Waals surface area contributed by atoms with Gasteiger partial charge in [-0.15, -0.1) is 0 Å². The minimum Gasteiger partial charge on any atom is -0.317 e. The van der Waals surface area contributed by atoms with Gasteiger partial charge in [0.15, 0.2) is 0 Å². The number of hydrogen-bond donors (Lipinski definition) is 1. The third kappa shape index (κ3) is 4.15. The van der Waals surface area contributed by atoms with Crippen LogP contribution in [0.2, 0.25) is 10.0 Å². The largest absolute Gasteiger partial charge is 0.317 e. The Hall–Kier alpha value is -0.240. The predicted molar refractivity (Wildman–Crippen MR) is 93.3 cm³/mol. The lowest BCUT2D eigenvalue weighted by molar-refractivity contribution is 0.0980. The fraction of sp³-hybridized carbons (Fsp3) is 0.667. The van der Waals surface area contributed by atoms with E-state index >= 15 is 0 Å². The standard InChI is InChI=1S/C18H27Cl2N/c1-12-5-7-14(17(9-12)21-4)18(2,3)11-13-6-8-15(19)16(20)10-13/h6,8,10,12,14,17,21H,5,7,9,11H2,1-4H3. The van der Waals surface area contributed by atoms with Crippen molar-refractivity contribution in [1.29, 1.82) is 0 Å². The van der Waals surface area contributed by atoms with E-state index in [9.17, 15) is 0 Å². The Morgan fingerprint density at radius 3 is 2.52 bits per heavy atom. The highest BCUT2D eigenvalue weighted by Crippen LogP contribution is 2.42. The summed E-state index contributed by atoms with van der Waals surface area (Å²) in [5.74, 6) is 1.53. The molecule has 1 aromatic rings. The van der Waals surface area contributed by atoms with E-state index in [2.05, 4.69) is 39.2 Å². The molecule has 1 aliphatic rings. The van der Waals surface area contributed by atoms with Crippen molar-refractivity contribution in [2.24, 2.45) is 17.3 Å². The molecule has 0 aliphatic heterocycles. The number of benzene rings is 1. The third-order valence-electron chi connectivity index (χ3n) is 5.13. The van der Waals surface area contributed by atoms with Gasteiger partial charge >= 0.3 is 0 Å². The van der Waals surface area contributed by atoms with Crippen molar-refractivity contribution in [2.45, 2.75) is 52.5 Å². The molecule has 3 unspecified atom stereocenters. The predicted octanol–water partition coefficient (Wildman–Crippen LogP) is 5.59. The second kappa shape index (κ2) is 6.89. The van der Waals surface area contributed by atoms with Crippen LogP contribution < -0.4 is 5.32 Å². The zero-order chi connectivity index (χ0) is 15.6. The van der Waals surface area contributed by atoms with Crippen LogP contribution in [-0.4, -0.2) is 13.1 Å². The highest BCUT2D eigenvalue weighted by molar-refractivity contribution is 6.42. The van der Waals surface area contributed by atoms with E-state index in [1.807, 2.05) is 12.1 Å². The van der Waals surface area contributed by atoms with E-state index < -0.39 is 0 Å². The van der Waals surface area contributed by atoms with Crippen molar-refractivity contribution in [3.05, 3.63) is 33.8 Å². The van der Waals surface area contributed by atoms with Crippen LogP contribution in [0.1, 0.15) is 45.6 Å². The molecule has 1 nitrogen and oxygen atoms in total. The lowest BCUT2D eigenvalue weighted by Crippen LogP contribution is -2.46. The monoisotopic (exact) mass is 327 g/mol. The van der Waals surface area contributed by atoms with Crippen LogP contribution in [0.3, 0.4) is 0 Å². The van der Waals surface area contributed by atoms with Crippen LogP contribution in [0.4, 0.5) is 0 Å². The van der Waals surface area contributed by atoms with Crippen molar-refractivity contribution >= 4 is 23.2 Å². The van der Waals surface area contributed by atoms with Gasteiger partial charge in [0.2, 0.25) is 0 Å². The quantitative estimate of drug-likeness (QED) is 0.760. The molecule has 0 bridgehead atoms. The van der Waals surface area contributed by atoms with E-state index in [4.69, 9.17) is 23.2 Å². The van der Waals surface area contributed by atoms with Gasteiger partial charge < -0.3 is 5.32 Å².